The van der Waals surface area contributed by atoms with Gasteiger partial charge in [0.1, 0.15) is 16.2 Å². The summed E-state index contributed by atoms with van der Waals surface area (Å²) in [5.74, 6) is -1.10. The summed E-state index contributed by atoms with van der Waals surface area (Å²) in [6.07, 6.45) is 1.37. The Hall–Kier alpha value is -3.04. The molecule has 0 aromatic heterocycles. The molecule has 0 aliphatic carbocycles. The van der Waals surface area contributed by atoms with Gasteiger partial charge in [0, 0.05) is 0 Å². The van der Waals surface area contributed by atoms with Gasteiger partial charge in [0.2, 0.25) is 0 Å². The zero-order valence-electron chi connectivity index (χ0n) is 14.1. The first kappa shape index (κ1) is 18.7. The molecule has 2 amide bonds. The molecule has 0 atom stereocenters. The van der Waals surface area contributed by atoms with Crippen molar-refractivity contribution in [2.45, 2.75) is 11.8 Å². The van der Waals surface area contributed by atoms with Crippen LogP contribution in [0.4, 0.5) is 0 Å². The minimum atomic E-state index is -3.95. The number of amides is 2. The minimum absolute atomic E-state index is 0.0470. The first-order chi connectivity index (χ1) is 12.7. The topological polar surface area (TPSA) is 102 Å². The first-order valence-electron chi connectivity index (χ1n) is 7.74. The monoisotopic (exact) mass is 402 g/mol. The van der Waals surface area contributed by atoms with Gasteiger partial charge in [-0.05, 0) is 55.0 Å². The summed E-state index contributed by atoms with van der Waals surface area (Å²) in [6.45, 7) is 1.85. The molecule has 0 spiro atoms. The number of carbonyl (C=O) groups excluding carboxylic acids is 2. The highest BCUT2D eigenvalue weighted by Gasteiger charge is 2.25. The number of hydrogen-bond donors (Lipinski definition) is 2. The maximum absolute atomic E-state index is 12.3. The molecule has 1 aliphatic heterocycles. The SMILES string of the molecule is Cc1ccc(S(=O)(=O)Oc2ccc(C=C3C(=O)NC(=S)NC3=O)cc2)cc1. The Balaban J connectivity index is 1.78. The highest BCUT2D eigenvalue weighted by molar-refractivity contribution is 7.87. The van der Waals surface area contributed by atoms with E-state index in [9.17, 15) is 18.0 Å². The lowest BCUT2D eigenvalue weighted by molar-refractivity contribution is -0.123. The van der Waals surface area contributed by atoms with Gasteiger partial charge in [0.05, 0.1) is 0 Å². The molecular formula is C18H14N2O5S2. The highest BCUT2D eigenvalue weighted by Crippen LogP contribution is 2.20. The van der Waals surface area contributed by atoms with Crippen molar-refractivity contribution >= 4 is 45.3 Å². The summed E-state index contributed by atoms with van der Waals surface area (Å²) < 4.78 is 29.7. The normalized spacial score (nSPS) is 14.4. The van der Waals surface area contributed by atoms with E-state index in [1.807, 2.05) is 6.92 Å². The maximum Gasteiger partial charge on any atom is 0.339 e. The van der Waals surface area contributed by atoms with Crippen LogP contribution < -0.4 is 14.8 Å². The van der Waals surface area contributed by atoms with Crippen molar-refractivity contribution in [3.63, 3.8) is 0 Å². The molecule has 2 aromatic rings. The van der Waals surface area contributed by atoms with Crippen LogP contribution in [0.3, 0.4) is 0 Å². The zero-order valence-corrected chi connectivity index (χ0v) is 15.7. The fourth-order valence-corrected chi connectivity index (χ4v) is 3.39. The van der Waals surface area contributed by atoms with E-state index in [-0.39, 0.29) is 21.3 Å². The van der Waals surface area contributed by atoms with E-state index in [4.69, 9.17) is 16.4 Å². The Labute approximate surface area is 161 Å². The molecule has 0 unspecified atom stereocenters. The number of thiocarbonyl (C=S) groups is 1. The van der Waals surface area contributed by atoms with Gasteiger partial charge in [-0.25, -0.2) is 0 Å². The van der Waals surface area contributed by atoms with E-state index >= 15 is 0 Å². The van der Waals surface area contributed by atoms with E-state index in [0.717, 1.165) is 5.56 Å². The summed E-state index contributed by atoms with van der Waals surface area (Å²) in [7, 11) is -3.95. The number of hydrogen-bond acceptors (Lipinski definition) is 6. The van der Waals surface area contributed by atoms with Crippen molar-refractivity contribution in [3.05, 3.63) is 65.2 Å². The molecule has 1 fully saturated rings. The van der Waals surface area contributed by atoms with Crippen molar-refractivity contribution in [2.75, 3.05) is 0 Å². The quantitative estimate of drug-likeness (QED) is 0.349. The molecule has 1 heterocycles. The molecule has 138 valence electrons. The molecule has 0 radical (unpaired) electrons. The van der Waals surface area contributed by atoms with E-state index in [1.54, 1.807) is 12.1 Å². The van der Waals surface area contributed by atoms with Crippen molar-refractivity contribution < 1.29 is 22.2 Å². The van der Waals surface area contributed by atoms with Crippen molar-refractivity contribution in [1.29, 1.82) is 0 Å². The summed E-state index contributed by atoms with van der Waals surface area (Å²) in [5, 5.41) is 4.62. The molecule has 1 saturated heterocycles. The third-order valence-corrected chi connectivity index (χ3v) is 5.12. The van der Waals surface area contributed by atoms with Crippen LogP contribution in [-0.2, 0) is 19.7 Å². The molecule has 9 heteroatoms. The van der Waals surface area contributed by atoms with Gasteiger partial charge >= 0.3 is 10.1 Å². The van der Waals surface area contributed by atoms with Crippen LogP contribution in [0.15, 0.2) is 59.0 Å². The maximum atomic E-state index is 12.3. The predicted molar refractivity (Wildman–Crippen MR) is 102 cm³/mol. The average molecular weight is 402 g/mol. The Morgan fingerprint density at radius 1 is 0.926 bits per heavy atom. The van der Waals surface area contributed by atoms with Gasteiger partial charge in [-0.3, -0.25) is 20.2 Å². The fraction of sp³-hybridized carbons (Fsp3) is 0.0556. The van der Waals surface area contributed by atoms with E-state index in [1.165, 1.54) is 42.5 Å². The number of benzene rings is 2. The molecule has 7 nitrogen and oxygen atoms in total. The second kappa shape index (κ2) is 7.29. The minimum Gasteiger partial charge on any atom is -0.379 e. The number of aryl methyl sites for hydroxylation is 1. The lowest BCUT2D eigenvalue weighted by Gasteiger charge is -2.16. The largest absolute Gasteiger partial charge is 0.379 e. The number of carbonyl (C=O) groups is 2. The summed E-state index contributed by atoms with van der Waals surface area (Å²) >= 11 is 4.73. The van der Waals surface area contributed by atoms with Crippen molar-refractivity contribution in [3.8, 4) is 5.75 Å². The smallest absolute Gasteiger partial charge is 0.339 e. The van der Waals surface area contributed by atoms with Gasteiger partial charge < -0.3 is 4.18 Å². The third-order valence-electron chi connectivity index (χ3n) is 3.65. The van der Waals surface area contributed by atoms with Crippen LogP contribution in [0.25, 0.3) is 6.08 Å². The Kier molecular flexibility index (Phi) is 5.06. The Bertz CT molecular complexity index is 1030. The van der Waals surface area contributed by atoms with Gasteiger partial charge in [-0.1, -0.05) is 29.8 Å². The average Bonchev–Trinajstić information content (AvgIpc) is 2.59. The van der Waals surface area contributed by atoms with Crippen molar-refractivity contribution in [1.82, 2.24) is 10.6 Å². The van der Waals surface area contributed by atoms with E-state index < -0.39 is 21.9 Å². The molecule has 2 aromatic carbocycles. The molecular weight excluding hydrogens is 388 g/mol. The van der Waals surface area contributed by atoms with Crippen LogP contribution in [0, 0.1) is 6.92 Å². The van der Waals surface area contributed by atoms with Gasteiger partial charge in [0.15, 0.2) is 5.11 Å². The van der Waals surface area contributed by atoms with Crippen LogP contribution in [0.1, 0.15) is 11.1 Å². The second-order valence-corrected chi connectivity index (χ2v) is 7.67. The first-order valence-corrected chi connectivity index (χ1v) is 9.56. The highest BCUT2D eigenvalue weighted by atomic mass is 32.2. The van der Waals surface area contributed by atoms with E-state index in [0.29, 0.717) is 5.56 Å². The van der Waals surface area contributed by atoms with Crippen LogP contribution in [0.2, 0.25) is 0 Å². The molecule has 3 rings (SSSR count). The number of rotatable bonds is 4. The fourth-order valence-electron chi connectivity index (χ4n) is 2.27. The summed E-state index contributed by atoms with van der Waals surface area (Å²) in [6, 6.07) is 12.2. The molecule has 0 bridgehead atoms. The van der Waals surface area contributed by atoms with Crippen LogP contribution in [-0.4, -0.2) is 25.3 Å². The zero-order chi connectivity index (χ0) is 19.6. The van der Waals surface area contributed by atoms with Crippen LogP contribution >= 0.6 is 12.2 Å². The summed E-state index contributed by atoms with van der Waals surface area (Å²) in [5.41, 5.74) is 1.34. The summed E-state index contributed by atoms with van der Waals surface area (Å²) in [4.78, 5) is 23.7. The lowest BCUT2D eigenvalue weighted by Crippen LogP contribution is -2.51. The molecule has 0 saturated carbocycles. The second-order valence-electron chi connectivity index (χ2n) is 5.71. The lowest BCUT2D eigenvalue weighted by atomic mass is 10.1. The van der Waals surface area contributed by atoms with Gasteiger partial charge in [-0.15, -0.1) is 0 Å². The van der Waals surface area contributed by atoms with Crippen molar-refractivity contribution in [2.24, 2.45) is 0 Å². The van der Waals surface area contributed by atoms with Crippen LogP contribution in [0.5, 0.6) is 5.75 Å². The third kappa shape index (κ3) is 4.39. The predicted octanol–water partition coefficient (Wildman–Crippen LogP) is 1.68. The number of nitrogens with one attached hydrogen (secondary N) is 2. The molecule has 2 N–H and O–H groups in total. The van der Waals surface area contributed by atoms with E-state index in [2.05, 4.69) is 10.6 Å². The molecule has 1 aliphatic rings. The van der Waals surface area contributed by atoms with Gasteiger partial charge in [0.25, 0.3) is 11.8 Å². The Morgan fingerprint density at radius 2 is 1.48 bits per heavy atom. The Morgan fingerprint density at radius 3 is 2.04 bits per heavy atom. The van der Waals surface area contributed by atoms with Gasteiger partial charge in [-0.2, -0.15) is 8.42 Å². The molecule has 27 heavy (non-hydrogen) atoms. The standard InChI is InChI=1S/C18H14N2O5S2/c1-11-2-8-14(9-3-11)27(23,24)25-13-6-4-12(5-7-13)10-15-16(21)19-18(26)20-17(15)22/h2-10H,1H3,(H2,19,20,21,22,26).